The van der Waals surface area contributed by atoms with Crippen molar-refractivity contribution in [2.45, 2.75) is 26.8 Å². The molecule has 0 unspecified atom stereocenters. The van der Waals surface area contributed by atoms with Crippen LogP contribution in [-0.4, -0.2) is 37.9 Å². The molecule has 0 spiro atoms. The second kappa shape index (κ2) is 10.6. The van der Waals surface area contributed by atoms with E-state index in [9.17, 15) is 14.4 Å². The third-order valence-electron chi connectivity index (χ3n) is 5.42. The first-order valence-electron chi connectivity index (χ1n) is 11.3. The third-order valence-corrected chi connectivity index (χ3v) is 5.42. The van der Waals surface area contributed by atoms with Crippen molar-refractivity contribution in [3.05, 3.63) is 94.1 Å². The molecule has 9 nitrogen and oxygen atoms in total. The van der Waals surface area contributed by atoms with Crippen molar-refractivity contribution in [2.24, 2.45) is 0 Å². The minimum atomic E-state index is -0.634. The summed E-state index contributed by atoms with van der Waals surface area (Å²) in [6.45, 7) is 5.03. The molecule has 2 N–H and O–H groups in total. The summed E-state index contributed by atoms with van der Waals surface area (Å²) in [6, 6.07) is 13.7. The summed E-state index contributed by atoms with van der Waals surface area (Å²) in [5.41, 5.74) is 1.93. The van der Waals surface area contributed by atoms with Crippen LogP contribution in [-0.2, 0) is 4.79 Å². The lowest BCUT2D eigenvalue weighted by atomic mass is 10.1. The van der Waals surface area contributed by atoms with Crippen LogP contribution in [0.1, 0.15) is 47.5 Å². The van der Waals surface area contributed by atoms with Gasteiger partial charge in [-0.15, -0.1) is 0 Å². The Kier molecular flexibility index (Phi) is 7.16. The number of amides is 2. The predicted octanol–water partition coefficient (Wildman–Crippen LogP) is 2.46. The minimum absolute atomic E-state index is 0.162. The molecule has 0 fully saturated rings. The second-order valence-corrected chi connectivity index (χ2v) is 8.04. The van der Waals surface area contributed by atoms with Crippen LogP contribution in [0, 0.1) is 18.8 Å². The first kappa shape index (κ1) is 24.3. The Balaban J connectivity index is 1.84. The van der Waals surface area contributed by atoms with E-state index < -0.39 is 11.9 Å². The fourth-order valence-corrected chi connectivity index (χ4v) is 3.74. The molecule has 36 heavy (non-hydrogen) atoms. The summed E-state index contributed by atoms with van der Waals surface area (Å²) in [5, 5.41) is 5.86. The molecule has 9 heteroatoms. The molecule has 2 aromatic carbocycles. The van der Waals surface area contributed by atoms with Gasteiger partial charge in [0.2, 0.25) is 5.91 Å². The largest absolute Gasteiger partial charge is 0.345 e. The Morgan fingerprint density at radius 2 is 1.81 bits per heavy atom. The summed E-state index contributed by atoms with van der Waals surface area (Å²) in [7, 11) is 0. The number of carbonyl (C=O) groups excluding carboxylic acids is 2. The summed E-state index contributed by atoms with van der Waals surface area (Å²) in [5.74, 6) is 5.59. The number of hydrogen-bond donors (Lipinski definition) is 2. The summed E-state index contributed by atoms with van der Waals surface area (Å²) >= 11 is 0. The van der Waals surface area contributed by atoms with Gasteiger partial charge in [0.05, 0.1) is 34.9 Å². The lowest BCUT2D eigenvalue weighted by Crippen LogP contribution is -2.34. The Hall–Kier alpha value is -4.84. The molecule has 2 amide bonds. The maximum atomic E-state index is 13.9. The van der Waals surface area contributed by atoms with E-state index in [1.807, 2.05) is 18.2 Å². The van der Waals surface area contributed by atoms with Crippen LogP contribution in [0.2, 0.25) is 0 Å². The summed E-state index contributed by atoms with van der Waals surface area (Å²) < 4.78 is 1.48. The molecule has 0 saturated heterocycles. The third kappa shape index (κ3) is 5.13. The van der Waals surface area contributed by atoms with Gasteiger partial charge < -0.3 is 10.6 Å². The zero-order chi connectivity index (χ0) is 25.7. The van der Waals surface area contributed by atoms with Gasteiger partial charge in [0.1, 0.15) is 11.5 Å². The van der Waals surface area contributed by atoms with Gasteiger partial charge in [-0.3, -0.25) is 23.9 Å². The number of fused-ring (bicyclic) bond motifs is 1. The lowest BCUT2D eigenvalue weighted by Gasteiger charge is -2.20. The first-order valence-corrected chi connectivity index (χ1v) is 11.3. The van der Waals surface area contributed by atoms with E-state index in [-0.39, 0.29) is 23.7 Å². The Bertz CT molecular complexity index is 1570. The normalized spacial score (nSPS) is 11.3. The predicted molar refractivity (Wildman–Crippen MR) is 136 cm³/mol. The standard InChI is InChI=1S/C27H24N6O3/c1-17-24(30-16-15-28-17)26(35)31-18(2)25-32-22-13-7-9-20(10-8-14-29-19(3)34)23(22)27(36)33(25)21-11-5-4-6-12-21/h4-7,9,11-13,15-16,18H,14H2,1-3H3,(H,29,34)(H,31,35)/t18-/m0/s1. The van der Waals surface area contributed by atoms with Gasteiger partial charge in [0.15, 0.2) is 0 Å². The number of hydrogen-bond acceptors (Lipinski definition) is 6. The van der Waals surface area contributed by atoms with Crippen molar-refractivity contribution >= 4 is 22.7 Å². The summed E-state index contributed by atoms with van der Waals surface area (Å²) in [4.78, 5) is 50.9. The molecule has 180 valence electrons. The van der Waals surface area contributed by atoms with Crippen LogP contribution < -0.4 is 16.2 Å². The number of aromatic nitrogens is 4. The smallest absolute Gasteiger partial charge is 0.272 e. The van der Waals surface area contributed by atoms with Gasteiger partial charge in [-0.25, -0.2) is 9.97 Å². The number of carbonyl (C=O) groups is 2. The number of aryl methyl sites for hydroxylation is 1. The molecule has 4 aromatic rings. The maximum Gasteiger partial charge on any atom is 0.272 e. The van der Waals surface area contributed by atoms with E-state index in [4.69, 9.17) is 4.98 Å². The van der Waals surface area contributed by atoms with Crippen LogP contribution in [0.25, 0.3) is 16.6 Å². The van der Waals surface area contributed by atoms with Crippen molar-refractivity contribution in [1.82, 2.24) is 30.2 Å². The van der Waals surface area contributed by atoms with E-state index in [1.54, 1.807) is 44.2 Å². The average Bonchev–Trinajstić information content (AvgIpc) is 2.87. The number of nitrogens with zero attached hydrogens (tertiary/aromatic N) is 4. The molecular weight excluding hydrogens is 456 g/mol. The fraction of sp³-hybridized carbons (Fsp3) is 0.185. The molecule has 0 radical (unpaired) electrons. The molecule has 4 rings (SSSR count). The van der Waals surface area contributed by atoms with Crippen LogP contribution >= 0.6 is 0 Å². The molecule has 1 atom stereocenters. The number of nitrogens with one attached hydrogen (secondary N) is 2. The van der Waals surface area contributed by atoms with Crippen LogP contribution in [0.4, 0.5) is 0 Å². The van der Waals surface area contributed by atoms with Crippen molar-refractivity contribution in [3.63, 3.8) is 0 Å². The van der Waals surface area contributed by atoms with E-state index in [2.05, 4.69) is 32.4 Å². The average molecular weight is 481 g/mol. The minimum Gasteiger partial charge on any atom is -0.345 e. The molecular formula is C27H24N6O3. The first-order chi connectivity index (χ1) is 17.4. The SMILES string of the molecule is CC(=O)NCC#Cc1cccc2nc([C@H](C)NC(=O)c3nccnc3C)n(-c3ccccc3)c(=O)c12. The number of para-hydroxylation sites is 1. The van der Waals surface area contributed by atoms with Gasteiger partial charge in [-0.1, -0.05) is 36.1 Å². The van der Waals surface area contributed by atoms with E-state index in [1.165, 1.54) is 23.9 Å². The molecule has 0 aliphatic rings. The number of rotatable bonds is 5. The Morgan fingerprint density at radius 3 is 2.53 bits per heavy atom. The van der Waals surface area contributed by atoms with Crippen LogP contribution in [0.5, 0.6) is 0 Å². The molecule has 0 saturated carbocycles. The highest BCUT2D eigenvalue weighted by Crippen LogP contribution is 2.20. The quantitative estimate of drug-likeness (QED) is 0.424. The number of benzene rings is 2. The van der Waals surface area contributed by atoms with Crippen molar-refractivity contribution in [1.29, 1.82) is 0 Å². The summed E-state index contributed by atoms with van der Waals surface area (Å²) in [6.07, 6.45) is 2.97. The second-order valence-electron chi connectivity index (χ2n) is 8.04. The fourth-order valence-electron chi connectivity index (χ4n) is 3.74. The van der Waals surface area contributed by atoms with Gasteiger partial charge in [-0.05, 0) is 38.1 Å². The monoisotopic (exact) mass is 480 g/mol. The van der Waals surface area contributed by atoms with Crippen molar-refractivity contribution in [3.8, 4) is 17.5 Å². The van der Waals surface area contributed by atoms with Gasteiger partial charge in [0, 0.05) is 24.9 Å². The van der Waals surface area contributed by atoms with Gasteiger partial charge >= 0.3 is 0 Å². The van der Waals surface area contributed by atoms with Gasteiger partial charge in [0.25, 0.3) is 11.5 Å². The molecule has 2 heterocycles. The van der Waals surface area contributed by atoms with Crippen molar-refractivity contribution < 1.29 is 9.59 Å². The topological polar surface area (TPSA) is 119 Å². The van der Waals surface area contributed by atoms with Gasteiger partial charge in [-0.2, -0.15) is 0 Å². The van der Waals surface area contributed by atoms with E-state index in [0.29, 0.717) is 33.7 Å². The highest BCUT2D eigenvalue weighted by atomic mass is 16.2. The molecule has 0 aliphatic heterocycles. The Labute approximate surface area is 207 Å². The Morgan fingerprint density at radius 1 is 1.06 bits per heavy atom. The van der Waals surface area contributed by atoms with Crippen LogP contribution in [0.3, 0.4) is 0 Å². The maximum absolute atomic E-state index is 13.9. The zero-order valence-corrected chi connectivity index (χ0v) is 20.1. The molecule has 0 bridgehead atoms. The van der Waals surface area contributed by atoms with Crippen molar-refractivity contribution in [2.75, 3.05) is 6.54 Å². The van der Waals surface area contributed by atoms with Crippen LogP contribution in [0.15, 0.2) is 65.7 Å². The lowest BCUT2D eigenvalue weighted by molar-refractivity contribution is -0.118. The highest BCUT2D eigenvalue weighted by Gasteiger charge is 2.22. The van der Waals surface area contributed by atoms with E-state index in [0.717, 1.165) is 0 Å². The zero-order valence-electron chi connectivity index (χ0n) is 20.1. The van der Waals surface area contributed by atoms with E-state index >= 15 is 0 Å². The molecule has 0 aliphatic carbocycles. The molecule has 2 aromatic heterocycles. The highest BCUT2D eigenvalue weighted by molar-refractivity contribution is 5.93.